The number of nitrogens with one attached hydrogen (secondary N) is 1. The summed E-state index contributed by atoms with van der Waals surface area (Å²) in [4.78, 5) is 0. The summed E-state index contributed by atoms with van der Waals surface area (Å²) in [5.74, 6) is 0.177. The van der Waals surface area contributed by atoms with Crippen LogP contribution in [0, 0.1) is 5.41 Å². The second-order valence-corrected chi connectivity index (χ2v) is 5.94. The second-order valence-electron chi connectivity index (χ2n) is 3.64. The summed E-state index contributed by atoms with van der Waals surface area (Å²) in [5.41, 5.74) is 0.222. The molecule has 0 saturated heterocycles. The van der Waals surface area contributed by atoms with Crippen molar-refractivity contribution in [1.29, 1.82) is 0 Å². The SMILES string of the molecule is CC1(CNS(=O)(=O)CCCl)CC1. The van der Waals surface area contributed by atoms with Crippen LogP contribution in [0.5, 0.6) is 0 Å². The number of halogens is 1. The van der Waals surface area contributed by atoms with Crippen molar-refractivity contribution in [3.8, 4) is 0 Å². The van der Waals surface area contributed by atoms with E-state index in [9.17, 15) is 8.42 Å². The van der Waals surface area contributed by atoms with E-state index in [0.717, 1.165) is 12.8 Å². The molecular weight excluding hydrogens is 198 g/mol. The lowest BCUT2D eigenvalue weighted by atomic mass is 10.2. The average Bonchev–Trinajstić information content (AvgIpc) is 2.66. The zero-order valence-electron chi connectivity index (χ0n) is 7.14. The van der Waals surface area contributed by atoms with Crippen LogP contribution < -0.4 is 4.72 Å². The van der Waals surface area contributed by atoms with Gasteiger partial charge in [0.1, 0.15) is 0 Å². The Labute approximate surface area is 78.5 Å². The molecule has 0 radical (unpaired) electrons. The molecule has 72 valence electrons. The van der Waals surface area contributed by atoms with Crippen molar-refractivity contribution in [1.82, 2.24) is 4.72 Å². The van der Waals surface area contributed by atoms with Crippen molar-refractivity contribution < 1.29 is 8.42 Å². The van der Waals surface area contributed by atoms with Crippen LogP contribution in [0.15, 0.2) is 0 Å². The molecule has 1 aliphatic carbocycles. The van der Waals surface area contributed by atoms with Gasteiger partial charge in [-0.15, -0.1) is 11.6 Å². The van der Waals surface area contributed by atoms with E-state index >= 15 is 0 Å². The first-order valence-corrected chi connectivity index (χ1v) is 6.19. The normalized spacial score (nSPS) is 20.8. The number of hydrogen-bond donors (Lipinski definition) is 1. The summed E-state index contributed by atoms with van der Waals surface area (Å²) in [5, 5.41) is 0. The molecule has 0 aromatic carbocycles. The maximum absolute atomic E-state index is 11.1. The van der Waals surface area contributed by atoms with Crippen LogP contribution in [0.2, 0.25) is 0 Å². The molecule has 3 nitrogen and oxygen atoms in total. The van der Waals surface area contributed by atoms with Gasteiger partial charge in [0.2, 0.25) is 10.0 Å². The Morgan fingerprint density at radius 3 is 2.50 bits per heavy atom. The fourth-order valence-electron chi connectivity index (χ4n) is 0.848. The molecule has 0 atom stereocenters. The third-order valence-electron chi connectivity index (χ3n) is 2.17. The predicted octanol–water partition coefficient (Wildman–Crippen LogP) is 0.945. The maximum atomic E-state index is 11.1. The van der Waals surface area contributed by atoms with Gasteiger partial charge in [0, 0.05) is 12.4 Å². The van der Waals surface area contributed by atoms with Crippen molar-refractivity contribution in [2.45, 2.75) is 19.8 Å². The Hall–Kier alpha value is 0.200. The van der Waals surface area contributed by atoms with Gasteiger partial charge in [-0.25, -0.2) is 13.1 Å². The van der Waals surface area contributed by atoms with Gasteiger partial charge >= 0.3 is 0 Å². The molecule has 0 amide bonds. The summed E-state index contributed by atoms with van der Waals surface area (Å²) in [6.45, 7) is 2.64. The average molecular weight is 212 g/mol. The smallest absolute Gasteiger partial charge is 0.212 e. The van der Waals surface area contributed by atoms with Crippen LogP contribution in [-0.4, -0.2) is 26.6 Å². The Bertz CT molecular complexity index is 246. The quantitative estimate of drug-likeness (QED) is 0.689. The summed E-state index contributed by atoms with van der Waals surface area (Å²) < 4.78 is 24.8. The molecule has 1 aliphatic rings. The Balaban J connectivity index is 2.30. The molecule has 0 aromatic heterocycles. The van der Waals surface area contributed by atoms with Crippen LogP contribution >= 0.6 is 11.6 Å². The largest absolute Gasteiger partial charge is 0.215 e. The first kappa shape index (κ1) is 10.3. The molecular formula is C7H14ClNO2S. The molecule has 1 N–H and O–H groups in total. The van der Waals surface area contributed by atoms with Crippen molar-refractivity contribution in [2.24, 2.45) is 5.41 Å². The molecule has 0 heterocycles. The highest BCUT2D eigenvalue weighted by atomic mass is 35.5. The standard InChI is InChI=1S/C7H14ClNO2S/c1-7(2-3-7)6-9-12(10,11)5-4-8/h9H,2-6H2,1H3. The Morgan fingerprint density at radius 1 is 1.50 bits per heavy atom. The Morgan fingerprint density at radius 2 is 2.08 bits per heavy atom. The number of sulfonamides is 1. The van der Waals surface area contributed by atoms with E-state index in [2.05, 4.69) is 11.6 Å². The van der Waals surface area contributed by atoms with Gasteiger partial charge in [-0.3, -0.25) is 0 Å². The number of rotatable bonds is 5. The van der Waals surface area contributed by atoms with Gasteiger partial charge in [-0.05, 0) is 18.3 Å². The molecule has 12 heavy (non-hydrogen) atoms. The van der Waals surface area contributed by atoms with Gasteiger partial charge in [0.15, 0.2) is 0 Å². The molecule has 0 spiro atoms. The van der Waals surface area contributed by atoms with E-state index < -0.39 is 10.0 Å². The topological polar surface area (TPSA) is 46.2 Å². The third-order valence-corrected chi connectivity index (χ3v) is 3.91. The van der Waals surface area contributed by atoms with Gasteiger partial charge in [-0.1, -0.05) is 6.92 Å². The van der Waals surface area contributed by atoms with Crippen LogP contribution in [-0.2, 0) is 10.0 Å². The van der Waals surface area contributed by atoms with Gasteiger partial charge in [0.25, 0.3) is 0 Å². The fraction of sp³-hybridized carbons (Fsp3) is 1.00. The molecule has 0 aliphatic heterocycles. The molecule has 1 fully saturated rings. The van der Waals surface area contributed by atoms with Crippen molar-refractivity contribution in [3.05, 3.63) is 0 Å². The van der Waals surface area contributed by atoms with E-state index in [1.54, 1.807) is 0 Å². The zero-order valence-corrected chi connectivity index (χ0v) is 8.71. The van der Waals surface area contributed by atoms with Crippen molar-refractivity contribution in [3.63, 3.8) is 0 Å². The maximum Gasteiger partial charge on any atom is 0.212 e. The zero-order chi connectivity index (χ0) is 9.24. The van der Waals surface area contributed by atoms with Gasteiger partial charge < -0.3 is 0 Å². The number of alkyl halides is 1. The summed E-state index contributed by atoms with van der Waals surface area (Å²) in [6.07, 6.45) is 2.24. The minimum Gasteiger partial charge on any atom is -0.215 e. The predicted molar refractivity (Wildman–Crippen MR) is 49.9 cm³/mol. The summed E-state index contributed by atoms with van der Waals surface area (Å²) in [6, 6.07) is 0. The van der Waals surface area contributed by atoms with Crippen molar-refractivity contribution in [2.75, 3.05) is 18.2 Å². The van der Waals surface area contributed by atoms with Crippen LogP contribution in [0.25, 0.3) is 0 Å². The number of hydrogen-bond acceptors (Lipinski definition) is 2. The van der Waals surface area contributed by atoms with E-state index in [0.29, 0.717) is 6.54 Å². The fourth-order valence-corrected chi connectivity index (χ4v) is 2.37. The molecule has 0 bridgehead atoms. The lowest BCUT2D eigenvalue weighted by molar-refractivity contribution is 0.531. The molecule has 0 aromatic rings. The van der Waals surface area contributed by atoms with Crippen LogP contribution in [0.1, 0.15) is 19.8 Å². The van der Waals surface area contributed by atoms with Crippen LogP contribution in [0.3, 0.4) is 0 Å². The highest BCUT2D eigenvalue weighted by Gasteiger charge is 2.37. The highest BCUT2D eigenvalue weighted by molar-refractivity contribution is 7.89. The lowest BCUT2D eigenvalue weighted by Crippen LogP contribution is -2.31. The molecule has 1 saturated carbocycles. The van der Waals surface area contributed by atoms with Gasteiger partial charge in [0.05, 0.1) is 5.75 Å². The first-order valence-electron chi connectivity index (χ1n) is 4.01. The minimum atomic E-state index is -3.11. The highest BCUT2D eigenvalue weighted by Crippen LogP contribution is 2.44. The van der Waals surface area contributed by atoms with E-state index in [1.165, 1.54) is 0 Å². The summed E-state index contributed by atoms with van der Waals surface area (Å²) >= 11 is 5.33. The van der Waals surface area contributed by atoms with E-state index in [1.807, 2.05) is 0 Å². The molecule has 5 heteroatoms. The lowest BCUT2D eigenvalue weighted by Gasteiger charge is -2.09. The Kier molecular flexibility index (Phi) is 3.01. The molecule has 1 rings (SSSR count). The van der Waals surface area contributed by atoms with E-state index in [-0.39, 0.29) is 17.0 Å². The minimum absolute atomic E-state index is 0.0185. The van der Waals surface area contributed by atoms with Gasteiger partial charge in [-0.2, -0.15) is 0 Å². The van der Waals surface area contributed by atoms with E-state index in [4.69, 9.17) is 11.6 Å². The molecule has 0 unspecified atom stereocenters. The van der Waals surface area contributed by atoms with Crippen LogP contribution in [0.4, 0.5) is 0 Å². The third kappa shape index (κ3) is 3.29. The van der Waals surface area contributed by atoms with Crippen molar-refractivity contribution >= 4 is 21.6 Å². The second kappa shape index (κ2) is 3.52. The summed E-state index contributed by atoms with van der Waals surface area (Å²) in [7, 11) is -3.11. The monoisotopic (exact) mass is 211 g/mol. The first-order chi connectivity index (χ1) is 5.47.